The molecule has 0 radical (unpaired) electrons. The summed E-state index contributed by atoms with van der Waals surface area (Å²) in [5.41, 5.74) is 0. The lowest BCUT2D eigenvalue weighted by atomic mass is 10.1. The molecule has 0 aromatic heterocycles. The monoisotopic (exact) mass is 375 g/mol. The van der Waals surface area contributed by atoms with Crippen LogP contribution in [0.25, 0.3) is 0 Å². The van der Waals surface area contributed by atoms with Crippen LogP contribution in [0.15, 0.2) is 72.9 Å². The molecule has 0 fully saturated rings. The summed E-state index contributed by atoms with van der Waals surface area (Å²) in [6, 6.07) is 0. The van der Waals surface area contributed by atoms with E-state index in [4.69, 9.17) is 0 Å². The first kappa shape index (κ1) is 24.8. The highest BCUT2D eigenvalue weighted by Gasteiger charge is 2.10. The van der Waals surface area contributed by atoms with Crippen molar-refractivity contribution in [1.29, 1.82) is 0 Å². The summed E-state index contributed by atoms with van der Waals surface area (Å²) in [6.45, 7) is 2.01. The van der Waals surface area contributed by atoms with Crippen molar-refractivity contribution in [3.63, 3.8) is 0 Å². The van der Waals surface area contributed by atoms with E-state index >= 15 is 0 Å². The van der Waals surface area contributed by atoms with Gasteiger partial charge in [0.1, 0.15) is 0 Å². The number of hydrogen-bond acceptors (Lipinski definition) is 5. The van der Waals surface area contributed by atoms with Gasteiger partial charge in [0.05, 0.1) is 18.3 Å². The third kappa shape index (κ3) is 17.0. The number of allylic oxidation sites excluding steroid dienone is 8. The molecule has 0 bridgehead atoms. The molecule has 5 heteroatoms. The van der Waals surface area contributed by atoms with Gasteiger partial charge in [-0.2, -0.15) is 0 Å². The number of aliphatic carboxylic acids is 1. The number of rotatable bonds is 14. The molecule has 3 unspecified atom stereocenters. The SMILES string of the molecule is CC/C=C\CC(O)C(O)/C=C/C=C/C=C\C=C\C(O)C/C=C\CCC(=O)[O-]. The smallest absolute Gasteiger partial charge is 0.0986 e. The predicted molar refractivity (Wildman–Crippen MR) is 107 cm³/mol. The van der Waals surface area contributed by atoms with Crippen molar-refractivity contribution in [2.75, 3.05) is 0 Å². The van der Waals surface area contributed by atoms with Gasteiger partial charge < -0.3 is 25.2 Å². The topological polar surface area (TPSA) is 101 Å². The zero-order valence-corrected chi connectivity index (χ0v) is 15.9. The lowest BCUT2D eigenvalue weighted by Crippen LogP contribution is -2.22. The fraction of sp³-hybridized carbons (Fsp3) is 0.409. The fourth-order valence-electron chi connectivity index (χ4n) is 1.93. The van der Waals surface area contributed by atoms with Crippen LogP contribution in [0.5, 0.6) is 0 Å². The Bertz CT molecular complexity index is 555. The van der Waals surface area contributed by atoms with Gasteiger partial charge in [0.2, 0.25) is 0 Å². The van der Waals surface area contributed by atoms with Crippen molar-refractivity contribution >= 4 is 5.97 Å². The van der Waals surface area contributed by atoms with Gasteiger partial charge in [-0.25, -0.2) is 0 Å². The van der Waals surface area contributed by atoms with Crippen LogP contribution in [-0.2, 0) is 4.79 Å². The third-order valence-corrected chi connectivity index (χ3v) is 3.43. The Morgan fingerprint density at radius 1 is 0.852 bits per heavy atom. The minimum atomic E-state index is -1.08. The number of carbonyl (C=O) groups is 1. The molecule has 0 aliphatic carbocycles. The van der Waals surface area contributed by atoms with Crippen LogP contribution in [0.2, 0.25) is 0 Å². The van der Waals surface area contributed by atoms with Gasteiger partial charge in [0.25, 0.3) is 0 Å². The van der Waals surface area contributed by atoms with Crippen molar-refractivity contribution < 1.29 is 25.2 Å². The molecule has 0 saturated heterocycles. The van der Waals surface area contributed by atoms with E-state index in [0.29, 0.717) is 19.3 Å². The van der Waals surface area contributed by atoms with Crippen molar-refractivity contribution in [2.24, 2.45) is 0 Å². The second kappa shape index (κ2) is 17.2. The molecule has 0 saturated carbocycles. The highest BCUT2D eigenvalue weighted by molar-refractivity contribution is 5.64. The number of aliphatic hydroxyl groups is 3. The van der Waals surface area contributed by atoms with E-state index < -0.39 is 24.3 Å². The largest absolute Gasteiger partial charge is 0.550 e. The van der Waals surface area contributed by atoms with Gasteiger partial charge in [-0.05, 0) is 32.1 Å². The second-order valence-corrected chi connectivity index (χ2v) is 5.90. The second-order valence-electron chi connectivity index (χ2n) is 5.90. The predicted octanol–water partition coefficient (Wildman–Crippen LogP) is 2.13. The highest BCUT2D eigenvalue weighted by atomic mass is 16.4. The van der Waals surface area contributed by atoms with E-state index in [1.807, 2.05) is 19.1 Å². The Morgan fingerprint density at radius 3 is 2.07 bits per heavy atom. The molecule has 0 amide bonds. The Balaban J connectivity index is 4.03. The minimum absolute atomic E-state index is 0.0160. The molecule has 0 spiro atoms. The third-order valence-electron chi connectivity index (χ3n) is 3.43. The number of carboxylic acids is 1. The van der Waals surface area contributed by atoms with Crippen LogP contribution in [0.4, 0.5) is 0 Å². The Kier molecular flexibility index (Phi) is 15.8. The number of aliphatic hydroxyl groups excluding tert-OH is 3. The number of carboxylic acid groups (broad SMARTS) is 1. The van der Waals surface area contributed by atoms with Crippen LogP contribution in [0.1, 0.15) is 39.0 Å². The van der Waals surface area contributed by atoms with Crippen LogP contribution in [0.3, 0.4) is 0 Å². The van der Waals surface area contributed by atoms with Gasteiger partial charge in [-0.15, -0.1) is 0 Å². The fourth-order valence-corrected chi connectivity index (χ4v) is 1.93. The van der Waals surface area contributed by atoms with E-state index in [1.165, 1.54) is 6.08 Å². The van der Waals surface area contributed by atoms with E-state index in [1.54, 1.807) is 54.7 Å². The summed E-state index contributed by atoms with van der Waals surface area (Å²) in [5, 5.41) is 39.4. The molecule has 0 aliphatic heterocycles. The molecule has 0 heterocycles. The van der Waals surface area contributed by atoms with Gasteiger partial charge >= 0.3 is 0 Å². The Morgan fingerprint density at radius 2 is 1.44 bits per heavy atom. The molecule has 0 aromatic carbocycles. The van der Waals surface area contributed by atoms with E-state index in [9.17, 15) is 25.2 Å². The molecule has 0 aliphatic rings. The van der Waals surface area contributed by atoms with Gasteiger partial charge in [-0.1, -0.05) is 79.8 Å². The van der Waals surface area contributed by atoms with E-state index in [0.717, 1.165) is 6.42 Å². The highest BCUT2D eigenvalue weighted by Crippen LogP contribution is 2.03. The quantitative estimate of drug-likeness (QED) is 0.319. The van der Waals surface area contributed by atoms with Crippen LogP contribution in [-0.4, -0.2) is 39.6 Å². The molecule has 0 aromatic rings. The van der Waals surface area contributed by atoms with Gasteiger partial charge in [0, 0.05) is 5.97 Å². The normalized spacial score (nSPS) is 16.6. The molecule has 5 nitrogen and oxygen atoms in total. The van der Waals surface area contributed by atoms with Crippen LogP contribution < -0.4 is 5.11 Å². The maximum Gasteiger partial charge on any atom is 0.0986 e. The van der Waals surface area contributed by atoms with Crippen molar-refractivity contribution in [3.05, 3.63) is 72.9 Å². The number of carbonyl (C=O) groups excluding carboxylic acids is 1. The van der Waals surface area contributed by atoms with E-state index in [2.05, 4.69) is 0 Å². The Labute approximate surface area is 162 Å². The zero-order valence-electron chi connectivity index (χ0n) is 15.9. The Hall–Kier alpha value is -2.21. The van der Waals surface area contributed by atoms with Gasteiger partial charge in [-0.3, -0.25) is 0 Å². The summed E-state index contributed by atoms with van der Waals surface area (Å²) >= 11 is 0. The maximum atomic E-state index is 10.2. The van der Waals surface area contributed by atoms with Crippen molar-refractivity contribution in [1.82, 2.24) is 0 Å². The lowest BCUT2D eigenvalue weighted by Gasteiger charge is -2.11. The standard InChI is InChI=1S/C22H32O5/c1-2-3-9-16-20(24)21(25)17-12-7-5-4-6-10-14-19(23)15-11-8-13-18-22(26)27/h3-12,14,17,19-21,23-25H,2,13,15-16,18H2,1H3,(H,26,27)/p-1/b6-4-,7-5+,9-3-,11-8-,14-10+,17-12+. The van der Waals surface area contributed by atoms with Crippen LogP contribution in [0, 0.1) is 0 Å². The molecule has 27 heavy (non-hydrogen) atoms. The summed E-state index contributed by atoms with van der Waals surface area (Å²) < 4.78 is 0. The minimum Gasteiger partial charge on any atom is -0.550 e. The molecular formula is C22H31O5-. The molecule has 3 atom stereocenters. The maximum absolute atomic E-state index is 10.2. The summed E-state index contributed by atoms with van der Waals surface area (Å²) in [5.74, 6) is -1.08. The first-order chi connectivity index (χ1) is 13.0. The summed E-state index contributed by atoms with van der Waals surface area (Å²) in [6.07, 6.45) is 20.6. The first-order valence-corrected chi connectivity index (χ1v) is 9.19. The van der Waals surface area contributed by atoms with E-state index in [-0.39, 0.29) is 6.42 Å². The molecule has 0 rings (SSSR count). The lowest BCUT2D eigenvalue weighted by molar-refractivity contribution is -0.305. The molecule has 150 valence electrons. The average molecular weight is 375 g/mol. The zero-order chi connectivity index (χ0) is 20.3. The molecular weight excluding hydrogens is 344 g/mol. The first-order valence-electron chi connectivity index (χ1n) is 9.19. The average Bonchev–Trinajstić information content (AvgIpc) is 2.63. The van der Waals surface area contributed by atoms with Crippen LogP contribution >= 0.6 is 0 Å². The van der Waals surface area contributed by atoms with Crippen molar-refractivity contribution in [3.8, 4) is 0 Å². The number of hydrogen-bond donors (Lipinski definition) is 3. The molecule has 3 N–H and O–H groups in total. The van der Waals surface area contributed by atoms with Gasteiger partial charge in [0.15, 0.2) is 0 Å². The summed E-state index contributed by atoms with van der Waals surface area (Å²) in [4.78, 5) is 10.2. The summed E-state index contributed by atoms with van der Waals surface area (Å²) in [7, 11) is 0. The van der Waals surface area contributed by atoms with Crippen molar-refractivity contribution in [2.45, 2.75) is 57.3 Å².